The van der Waals surface area contributed by atoms with Gasteiger partial charge in [0, 0.05) is 17.0 Å². The van der Waals surface area contributed by atoms with E-state index in [1.165, 1.54) is 0 Å². The lowest BCUT2D eigenvalue weighted by Crippen LogP contribution is -2.32. The number of rotatable bonds is 5. The highest BCUT2D eigenvalue weighted by atomic mass is 35.5. The van der Waals surface area contributed by atoms with Crippen LogP contribution in [0.3, 0.4) is 0 Å². The molecule has 1 aliphatic rings. The average Bonchev–Trinajstić information content (AvgIpc) is 3.10. The predicted octanol–water partition coefficient (Wildman–Crippen LogP) is 1.77. The first-order chi connectivity index (χ1) is 8.13. The number of aliphatic hydroxyl groups excluding tert-OH is 1. The van der Waals surface area contributed by atoms with Gasteiger partial charge in [-0.1, -0.05) is 23.7 Å². The molecule has 2 N–H and O–H groups in total. The van der Waals surface area contributed by atoms with Crippen molar-refractivity contribution in [1.29, 1.82) is 0 Å². The van der Waals surface area contributed by atoms with E-state index < -0.39 is 0 Å². The molecule has 1 aliphatic carbocycles. The number of hydrogen-bond donors (Lipinski definition) is 2. The average molecular weight is 254 g/mol. The van der Waals surface area contributed by atoms with Crippen LogP contribution in [0.15, 0.2) is 24.3 Å². The van der Waals surface area contributed by atoms with Gasteiger partial charge < -0.3 is 10.4 Å². The third-order valence-corrected chi connectivity index (χ3v) is 3.48. The van der Waals surface area contributed by atoms with E-state index in [0.717, 1.165) is 18.4 Å². The molecular weight excluding hydrogens is 238 g/mol. The quantitative estimate of drug-likeness (QED) is 0.840. The zero-order valence-corrected chi connectivity index (χ0v) is 10.3. The molecule has 0 radical (unpaired) electrons. The molecule has 1 aromatic rings. The highest BCUT2D eigenvalue weighted by Crippen LogP contribution is 2.44. The number of halogens is 1. The van der Waals surface area contributed by atoms with E-state index in [9.17, 15) is 4.79 Å². The summed E-state index contributed by atoms with van der Waals surface area (Å²) in [5.74, 6) is -0.00736. The number of aliphatic hydroxyl groups is 1. The van der Waals surface area contributed by atoms with Gasteiger partial charge in [-0.15, -0.1) is 0 Å². The maximum Gasteiger partial charge on any atom is 0.224 e. The van der Waals surface area contributed by atoms with Crippen LogP contribution in [0.5, 0.6) is 0 Å². The Morgan fingerprint density at radius 1 is 1.35 bits per heavy atom. The van der Waals surface area contributed by atoms with E-state index in [1.807, 2.05) is 12.1 Å². The van der Waals surface area contributed by atoms with Gasteiger partial charge in [-0.3, -0.25) is 4.79 Å². The number of hydrogen-bond acceptors (Lipinski definition) is 2. The van der Waals surface area contributed by atoms with Crippen molar-refractivity contribution in [2.75, 3.05) is 13.2 Å². The fraction of sp³-hybridized carbons (Fsp3) is 0.462. The second-order valence-corrected chi connectivity index (χ2v) is 5.17. The summed E-state index contributed by atoms with van der Waals surface area (Å²) in [6, 6.07) is 7.25. The molecule has 1 saturated carbocycles. The summed E-state index contributed by atoms with van der Waals surface area (Å²) in [7, 11) is 0. The molecule has 1 fully saturated rings. The van der Waals surface area contributed by atoms with Crippen LogP contribution in [0.25, 0.3) is 0 Å². The Balaban J connectivity index is 1.79. The minimum Gasteiger partial charge on any atom is -0.396 e. The lowest BCUT2D eigenvalue weighted by molar-refractivity contribution is -0.120. The smallest absolute Gasteiger partial charge is 0.224 e. The van der Waals surface area contributed by atoms with Gasteiger partial charge in [0.15, 0.2) is 0 Å². The predicted molar refractivity (Wildman–Crippen MR) is 66.9 cm³/mol. The van der Waals surface area contributed by atoms with Crippen LogP contribution in [0.2, 0.25) is 5.02 Å². The van der Waals surface area contributed by atoms with Crippen molar-refractivity contribution >= 4 is 17.5 Å². The van der Waals surface area contributed by atoms with Crippen molar-refractivity contribution in [3.05, 3.63) is 34.9 Å². The van der Waals surface area contributed by atoms with Crippen LogP contribution in [-0.4, -0.2) is 24.2 Å². The minimum absolute atomic E-state index is 0.00736. The van der Waals surface area contributed by atoms with Gasteiger partial charge in [0.05, 0.1) is 13.0 Å². The summed E-state index contributed by atoms with van der Waals surface area (Å²) in [4.78, 5) is 11.7. The van der Waals surface area contributed by atoms with Gasteiger partial charge in [0.1, 0.15) is 0 Å². The first kappa shape index (κ1) is 12.4. The van der Waals surface area contributed by atoms with Crippen molar-refractivity contribution < 1.29 is 9.90 Å². The van der Waals surface area contributed by atoms with Gasteiger partial charge in [0.2, 0.25) is 5.91 Å². The topological polar surface area (TPSA) is 49.3 Å². The Morgan fingerprint density at radius 3 is 2.53 bits per heavy atom. The Hall–Kier alpha value is -1.06. The number of carbonyl (C=O) groups excluding carboxylic acids is 1. The Labute approximate surface area is 106 Å². The molecule has 0 unspecified atom stereocenters. The van der Waals surface area contributed by atoms with E-state index in [2.05, 4.69) is 5.32 Å². The lowest BCUT2D eigenvalue weighted by Gasteiger charge is -2.12. The summed E-state index contributed by atoms with van der Waals surface area (Å²) in [5.41, 5.74) is 0.913. The molecule has 0 aromatic heterocycles. The summed E-state index contributed by atoms with van der Waals surface area (Å²) < 4.78 is 0. The molecule has 3 nitrogen and oxygen atoms in total. The van der Waals surface area contributed by atoms with E-state index in [0.29, 0.717) is 18.0 Å². The molecule has 0 bridgehead atoms. The molecular formula is C13H16ClNO2. The summed E-state index contributed by atoms with van der Waals surface area (Å²) >= 11 is 5.77. The van der Waals surface area contributed by atoms with Gasteiger partial charge >= 0.3 is 0 Å². The molecule has 0 heterocycles. The molecule has 0 atom stereocenters. The standard InChI is InChI=1S/C13H16ClNO2/c14-11-3-1-10(2-4-11)7-12(17)15-8-13(9-16)5-6-13/h1-4,16H,5-9H2,(H,15,17). The molecule has 92 valence electrons. The van der Waals surface area contributed by atoms with Crippen molar-refractivity contribution in [3.8, 4) is 0 Å². The number of carbonyl (C=O) groups is 1. The second kappa shape index (κ2) is 5.07. The molecule has 1 amide bonds. The second-order valence-electron chi connectivity index (χ2n) is 4.74. The van der Waals surface area contributed by atoms with E-state index in [4.69, 9.17) is 16.7 Å². The van der Waals surface area contributed by atoms with Crippen molar-refractivity contribution in [2.45, 2.75) is 19.3 Å². The number of benzene rings is 1. The zero-order chi connectivity index (χ0) is 12.3. The van der Waals surface area contributed by atoms with Crippen molar-refractivity contribution in [2.24, 2.45) is 5.41 Å². The number of nitrogens with one attached hydrogen (secondary N) is 1. The Morgan fingerprint density at radius 2 is 2.00 bits per heavy atom. The van der Waals surface area contributed by atoms with Crippen LogP contribution in [-0.2, 0) is 11.2 Å². The molecule has 17 heavy (non-hydrogen) atoms. The highest BCUT2D eigenvalue weighted by Gasteiger charge is 2.41. The fourth-order valence-electron chi connectivity index (χ4n) is 1.70. The lowest BCUT2D eigenvalue weighted by atomic mass is 10.1. The normalized spacial score (nSPS) is 16.6. The summed E-state index contributed by atoms with van der Waals surface area (Å²) in [6.07, 6.45) is 2.37. The van der Waals surface area contributed by atoms with Gasteiger partial charge in [-0.2, -0.15) is 0 Å². The van der Waals surface area contributed by atoms with Crippen LogP contribution in [0.4, 0.5) is 0 Å². The van der Waals surface area contributed by atoms with Crippen LogP contribution in [0, 0.1) is 5.41 Å². The van der Waals surface area contributed by atoms with E-state index in [-0.39, 0.29) is 17.9 Å². The fourth-order valence-corrected chi connectivity index (χ4v) is 1.83. The number of amides is 1. The van der Waals surface area contributed by atoms with Gasteiger partial charge in [0.25, 0.3) is 0 Å². The van der Waals surface area contributed by atoms with Crippen molar-refractivity contribution in [1.82, 2.24) is 5.32 Å². The van der Waals surface area contributed by atoms with Gasteiger partial charge in [-0.05, 0) is 30.5 Å². The van der Waals surface area contributed by atoms with E-state index >= 15 is 0 Å². The molecule has 4 heteroatoms. The third-order valence-electron chi connectivity index (χ3n) is 3.23. The third kappa shape index (κ3) is 3.45. The largest absolute Gasteiger partial charge is 0.396 e. The van der Waals surface area contributed by atoms with Crippen LogP contribution in [0.1, 0.15) is 18.4 Å². The molecule has 2 rings (SSSR count). The summed E-state index contributed by atoms with van der Waals surface area (Å²) in [5, 5.41) is 12.7. The Kier molecular flexibility index (Phi) is 3.69. The van der Waals surface area contributed by atoms with Gasteiger partial charge in [-0.25, -0.2) is 0 Å². The van der Waals surface area contributed by atoms with E-state index in [1.54, 1.807) is 12.1 Å². The first-order valence-corrected chi connectivity index (χ1v) is 6.13. The molecule has 1 aromatic carbocycles. The molecule has 0 spiro atoms. The Bertz CT molecular complexity index is 398. The maximum atomic E-state index is 11.7. The van der Waals surface area contributed by atoms with Crippen LogP contribution >= 0.6 is 11.6 Å². The summed E-state index contributed by atoms with van der Waals surface area (Å²) in [6.45, 7) is 0.740. The van der Waals surface area contributed by atoms with Crippen molar-refractivity contribution in [3.63, 3.8) is 0 Å². The minimum atomic E-state index is -0.0321. The zero-order valence-electron chi connectivity index (χ0n) is 9.58. The highest BCUT2D eigenvalue weighted by molar-refractivity contribution is 6.30. The van der Waals surface area contributed by atoms with Crippen LogP contribution < -0.4 is 5.32 Å². The molecule has 0 aliphatic heterocycles. The monoisotopic (exact) mass is 253 g/mol. The first-order valence-electron chi connectivity index (χ1n) is 5.76. The molecule has 0 saturated heterocycles. The maximum absolute atomic E-state index is 11.7. The SMILES string of the molecule is O=C(Cc1ccc(Cl)cc1)NCC1(CO)CC1.